The predicted octanol–water partition coefficient (Wildman–Crippen LogP) is 2.36. The van der Waals surface area contributed by atoms with Crippen molar-refractivity contribution in [2.75, 3.05) is 19.7 Å². The monoisotopic (exact) mass is 289 g/mol. The molecule has 1 saturated heterocycles. The van der Waals surface area contributed by atoms with E-state index in [-0.39, 0.29) is 11.5 Å². The van der Waals surface area contributed by atoms with E-state index in [2.05, 4.69) is 55.3 Å². The molecule has 0 spiro atoms. The van der Waals surface area contributed by atoms with Crippen LogP contribution >= 0.6 is 0 Å². The van der Waals surface area contributed by atoms with Gasteiger partial charge in [-0.25, -0.2) is 0 Å². The van der Waals surface area contributed by atoms with Crippen molar-refractivity contribution in [3.05, 3.63) is 35.4 Å². The number of rotatable bonds is 5. The summed E-state index contributed by atoms with van der Waals surface area (Å²) >= 11 is 0. The summed E-state index contributed by atoms with van der Waals surface area (Å²) in [6, 6.07) is 8.61. The van der Waals surface area contributed by atoms with Gasteiger partial charge in [-0.3, -0.25) is 4.99 Å². The number of aliphatic imine (C=N–C) groups is 1. The number of hydrogen-bond acceptors (Lipinski definition) is 2. The molecular weight excluding hydrogens is 262 g/mol. The van der Waals surface area contributed by atoms with Gasteiger partial charge < -0.3 is 15.8 Å². The van der Waals surface area contributed by atoms with Crippen LogP contribution in [0.15, 0.2) is 29.3 Å². The number of nitrogens with two attached hydrogens (primary N) is 1. The third-order valence-electron chi connectivity index (χ3n) is 4.01. The third kappa shape index (κ3) is 4.74. The molecule has 2 rings (SSSR count). The summed E-state index contributed by atoms with van der Waals surface area (Å²) in [5.41, 5.74) is 8.48. The van der Waals surface area contributed by atoms with Crippen LogP contribution in [-0.2, 0) is 10.2 Å². The minimum Gasteiger partial charge on any atom is -0.376 e. The van der Waals surface area contributed by atoms with Gasteiger partial charge in [0.05, 0.1) is 12.6 Å². The molecule has 3 N–H and O–H groups in total. The lowest BCUT2D eigenvalue weighted by Gasteiger charge is -2.23. The van der Waals surface area contributed by atoms with Crippen molar-refractivity contribution < 1.29 is 4.74 Å². The lowest BCUT2D eigenvalue weighted by Crippen LogP contribution is -2.38. The summed E-state index contributed by atoms with van der Waals surface area (Å²) in [5.74, 6) is 0.505. The molecule has 1 heterocycles. The zero-order valence-electron chi connectivity index (χ0n) is 13.4. The summed E-state index contributed by atoms with van der Waals surface area (Å²) in [6.45, 7) is 8.76. The predicted molar refractivity (Wildman–Crippen MR) is 87.7 cm³/mol. The molecule has 4 nitrogen and oxygen atoms in total. The molecular formula is C17H27N3O. The first-order chi connectivity index (χ1) is 9.97. The highest BCUT2D eigenvalue weighted by Crippen LogP contribution is 2.23. The fraction of sp³-hybridized carbons (Fsp3) is 0.588. The Morgan fingerprint density at radius 2 is 2.10 bits per heavy atom. The van der Waals surface area contributed by atoms with Crippen molar-refractivity contribution in [2.24, 2.45) is 10.7 Å². The molecule has 0 aliphatic carbocycles. The van der Waals surface area contributed by atoms with Gasteiger partial charge >= 0.3 is 0 Å². The summed E-state index contributed by atoms with van der Waals surface area (Å²) in [4.78, 5) is 4.48. The van der Waals surface area contributed by atoms with Crippen molar-refractivity contribution in [3.8, 4) is 0 Å². The molecule has 0 bridgehead atoms. The Bertz CT molecular complexity index is 473. The van der Waals surface area contributed by atoms with E-state index >= 15 is 0 Å². The Hall–Kier alpha value is -1.55. The fourth-order valence-electron chi connectivity index (χ4n) is 2.46. The fourth-order valence-corrected chi connectivity index (χ4v) is 2.46. The van der Waals surface area contributed by atoms with Gasteiger partial charge in [0.2, 0.25) is 0 Å². The van der Waals surface area contributed by atoms with Gasteiger partial charge in [-0.05, 0) is 25.3 Å². The number of nitrogens with one attached hydrogen (secondary N) is 1. The van der Waals surface area contributed by atoms with Crippen molar-refractivity contribution in [3.63, 3.8) is 0 Å². The highest BCUT2D eigenvalue weighted by Gasteiger charge is 2.20. The summed E-state index contributed by atoms with van der Waals surface area (Å²) in [6.07, 6.45) is 2.53. The molecule has 1 fully saturated rings. The lowest BCUT2D eigenvalue weighted by molar-refractivity contribution is 0.114. The Morgan fingerprint density at radius 3 is 2.71 bits per heavy atom. The van der Waals surface area contributed by atoms with Crippen LogP contribution in [0.5, 0.6) is 0 Å². The molecule has 1 atom stereocenters. The van der Waals surface area contributed by atoms with E-state index in [1.165, 1.54) is 11.1 Å². The number of benzene rings is 1. The number of guanidine groups is 1. The van der Waals surface area contributed by atoms with E-state index in [1.54, 1.807) is 0 Å². The third-order valence-corrected chi connectivity index (χ3v) is 4.01. The largest absolute Gasteiger partial charge is 0.376 e. The van der Waals surface area contributed by atoms with Gasteiger partial charge in [-0.1, -0.05) is 43.7 Å². The van der Waals surface area contributed by atoms with Crippen LogP contribution in [0, 0.1) is 6.92 Å². The van der Waals surface area contributed by atoms with E-state index in [1.807, 2.05) is 0 Å². The molecule has 0 radical (unpaired) electrons. The number of aryl methyl sites for hydroxylation is 1. The smallest absolute Gasteiger partial charge is 0.188 e. The van der Waals surface area contributed by atoms with E-state index in [9.17, 15) is 0 Å². The summed E-state index contributed by atoms with van der Waals surface area (Å²) in [5, 5.41) is 3.16. The molecule has 1 aromatic carbocycles. The van der Waals surface area contributed by atoms with Crippen LogP contribution in [0.3, 0.4) is 0 Å². The standard InChI is InChI=1S/C17H27N3O/c1-13-6-8-14(9-7-13)17(2,3)12-20-16(18)19-11-15-5-4-10-21-15/h6-9,15H,4-5,10-12H2,1-3H3,(H3,18,19,20). The number of ether oxygens (including phenoxy) is 1. The highest BCUT2D eigenvalue weighted by atomic mass is 16.5. The molecule has 0 amide bonds. The second-order valence-corrected chi connectivity index (χ2v) is 6.47. The van der Waals surface area contributed by atoms with Crippen LogP contribution in [0.4, 0.5) is 0 Å². The van der Waals surface area contributed by atoms with Crippen molar-refractivity contribution >= 4 is 5.96 Å². The Morgan fingerprint density at radius 1 is 1.38 bits per heavy atom. The molecule has 21 heavy (non-hydrogen) atoms. The normalized spacial score (nSPS) is 19.8. The average Bonchev–Trinajstić information content (AvgIpc) is 2.97. The number of hydrogen-bond donors (Lipinski definition) is 2. The Balaban J connectivity index is 1.86. The maximum atomic E-state index is 5.94. The highest BCUT2D eigenvalue weighted by molar-refractivity contribution is 5.77. The molecule has 1 aliphatic rings. The Labute approximate surface area is 127 Å². The van der Waals surface area contributed by atoms with Gasteiger partial charge in [-0.15, -0.1) is 0 Å². The molecule has 116 valence electrons. The van der Waals surface area contributed by atoms with Gasteiger partial charge in [0.1, 0.15) is 0 Å². The summed E-state index contributed by atoms with van der Waals surface area (Å²) in [7, 11) is 0. The van der Waals surface area contributed by atoms with Crippen molar-refractivity contribution in [2.45, 2.75) is 45.1 Å². The molecule has 1 aromatic rings. The SMILES string of the molecule is Cc1ccc(C(C)(C)CN=C(N)NCC2CCCO2)cc1. The van der Waals surface area contributed by atoms with Gasteiger partial charge in [0.25, 0.3) is 0 Å². The minimum atomic E-state index is -0.0239. The van der Waals surface area contributed by atoms with Crippen LogP contribution < -0.4 is 11.1 Å². The molecule has 1 aliphatic heterocycles. The van der Waals surface area contributed by atoms with E-state index in [0.29, 0.717) is 12.5 Å². The zero-order chi connectivity index (χ0) is 15.3. The topological polar surface area (TPSA) is 59.6 Å². The van der Waals surface area contributed by atoms with Crippen LogP contribution in [-0.4, -0.2) is 31.8 Å². The first-order valence-corrected chi connectivity index (χ1v) is 7.70. The number of nitrogens with zero attached hydrogens (tertiary/aromatic N) is 1. The van der Waals surface area contributed by atoms with Gasteiger partial charge in [-0.2, -0.15) is 0 Å². The van der Waals surface area contributed by atoms with Crippen molar-refractivity contribution in [1.82, 2.24) is 5.32 Å². The maximum Gasteiger partial charge on any atom is 0.188 e. The second-order valence-electron chi connectivity index (χ2n) is 6.47. The lowest BCUT2D eigenvalue weighted by atomic mass is 9.84. The molecule has 0 saturated carbocycles. The van der Waals surface area contributed by atoms with Crippen LogP contribution in [0.25, 0.3) is 0 Å². The van der Waals surface area contributed by atoms with Gasteiger partial charge in [0.15, 0.2) is 5.96 Å². The quantitative estimate of drug-likeness (QED) is 0.646. The minimum absolute atomic E-state index is 0.0239. The van der Waals surface area contributed by atoms with E-state index < -0.39 is 0 Å². The van der Waals surface area contributed by atoms with Crippen molar-refractivity contribution in [1.29, 1.82) is 0 Å². The first kappa shape index (κ1) is 15.8. The summed E-state index contributed by atoms with van der Waals surface area (Å²) < 4.78 is 5.56. The molecule has 0 aromatic heterocycles. The van der Waals surface area contributed by atoms with E-state index in [0.717, 1.165) is 26.0 Å². The van der Waals surface area contributed by atoms with Gasteiger partial charge in [0, 0.05) is 18.6 Å². The van der Waals surface area contributed by atoms with Crippen LogP contribution in [0.1, 0.15) is 37.8 Å². The zero-order valence-corrected chi connectivity index (χ0v) is 13.4. The first-order valence-electron chi connectivity index (χ1n) is 7.70. The Kier molecular flexibility index (Phi) is 5.23. The molecule has 4 heteroatoms. The average molecular weight is 289 g/mol. The maximum absolute atomic E-state index is 5.94. The van der Waals surface area contributed by atoms with E-state index in [4.69, 9.17) is 10.5 Å². The second kappa shape index (κ2) is 6.94. The van der Waals surface area contributed by atoms with Crippen LogP contribution in [0.2, 0.25) is 0 Å². The molecule has 1 unspecified atom stereocenters.